The molecule has 0 saturated heterocycles. The molecular formula is C13H21N3O. The number of nitrogens with two attached hydrogens (primary N) is 2. The number of nitrogens with zero attached hydrogens (tertiary/aromatic N) is 1. The van der Waals surface area contributed by atoms with E-state index in [4.69, 9.17) is 11.5 Å². The average molecular weight is 235 g/mol. The van der Waals surface area contributed by atoms with Crippen LogP contribution in [0, 0.1) is 12.8 Å². The summed E-state index contributed by atoms with van der Waals surface area (Å²) >= 11 is 0. The maximum atomic E-state index is 12.0. The summed E-state index contributed by atoms with van der Waals surface area (Å²) in [5, 5.41) is 0. The van der Waals surface area contributed by atoms with Gasteiger partial charge in [0.2, 0.25) is 0 Å². The van der Waals surface area contributed by atoms with Crippen LogP contribution >= 0.6 is 0 Å². The van der Waals surface area contributed by atoms with Gasteiger partial charge in [0.1, 0.15) is 5.82 Å². The standard InChI is InChI=1S/C13H21N3O/c1-9(5-6-14)3-4-12(17)11-7-10(2)8-16-13(11)15/h7-9H,3-6,14H2,1-2H3,(H2,15,16). The highest BCUT2D eigenvalue weighted by Gasteiger charge is 2.12. The number of nitrogen functional groups attached to an aromatic ring is 1. The van der Waals surface area contributed by atoms with Crippen molar-refractivity contribution in [1.82, 2.24) is 4.98 Å². The number of ketones is 1. The summed E-state index contributed by atoms with van der Waals surface area (Å²) < 4.78 is 0. The van der Waals surface area contributed by atoms with Crippen molar-refractivity contribution in [3.05, 3.63) is 23.4 Å². The maximum Gasteiger partial charge on any atom is 0.166 e. The molecule has 94 valence electrons. The van der Waals surface area contributed by atoms with E-state index in [1.807, 2.05) is 6.92 Å². The molecule has 1 aromatic rings. The van der Waals surface area contributed by atoms with E-state index < -0.39 is 0 Å². The fourth-order valence-electron chi connectivity index (χ4n) is 1.74. The quantitative estimate of drug-likeness (QED) is 0.738. The molecular weight excluding hydrogens is 214 g/mol. The Bertz CT molecular complexity index is 390. The van der Waals surface area contributed by atoms with Crippen molar-refractivity contribution >= 4 is 11.6 Å². The third kappa shape index (κ3) is 4.15. The van der Waals surface area contributed by atoms with Crippen molar-refractivity contribution in [3.8, 4) is 0 Å². The minimum atomic E-state index is 0.0718. The monoisotopic (exact) mass is 235 g/mol. The topological polar surface area (TPSA) is 82.0 Å². The molecule has 4 N–H and O–H groups in total. The van der Waals surface area contributed by atoms with Gasteiger partial charge in [-0.1, -0.05) is 6.92 Å². The number of rotatable bonds is 6. The zero-order chi connectivity index (χ0) is 12.8. The number of aryl methyl sites for hydroxylation is 1. The Labute approximate surface area is 102 Å². The molecule has 0 saturated carbocycles. The van der Waals surface area contributed by atoms with Crippen LogP contribution in [0.2, 0.25) is 0 Å². The maximum absolute atomic E-state index is 12.0. The van der Waals surface area contributed by atoms with Crippen LogP contribution in [0.25, 0.3) is 0 Å². The predicted molar refractivity (Wildman–Crippen MR) is 69.8 cm³/mol. The van der Waals surface area contributed by atoms with Crippen molar-refractivity contribution in [2.45, 2.75) is 33.1 Å². The Morgan fingerprint density at radius 1 is 1.47 bits per heavy atom. The van der Waals surface area contributed by atoms with Crippen LogP contribution in [-0.2, 0) is 0 Å². The largest absolute Gasteiger partial charge is 0.383 e. The van der Waals surface area contributed by atoms with E-state index in [-0.39, 0.29) is 5.78 Å². The summed E-state index contributed by atoms with van der Waals surface area (Å²) in [6.45, 7) is 4.68. The van der Waals surface area contributed by atoms with Crippen molar-refractivity contribution in [1.29, 1.82) is 0 Å². The van der Waals surface area contributed by atoms with E-state index in [0.717, 1.165) is 18.4 Å². The van der Waals surface area contributed by atoms with Crippen LogP contribution < -0.4 is 11.5 Å². The van der Waals surface area contributed by atoms with Gasteiger partial charge in [0, 0.05) is 12.6 Å². The van der Waals surface area contributed by atoms with Gasteiger partial charge in [0.25, 0.3) is 0 Å². The molecule has 0 bridgehead atoms. The van der Waals surface area contributed by atoms with Crippen molar-refractivity contribution < 1.29 is 4.79 Å². The zero-order valence-corrected chi connectivity index (χ0v) is 10.6. The second-order valence-corrected chi connectivity index (χ2v) is 4.59. The molecule has 1 atom stereocenters. The molecule has 1 rings (SSSR count). The summed E-state index contributed by atoms with van der Waals surface area (Å²) in [5.74, 6) is 0.873. The molecule has 0 fully saturated rings. The smallest absolute Gasteiger partial charge is 0.166 e. The number of carbonyl (C=O) groups excluding carboxylic acids is 1. The number of aromatic nitrogens is 1. The molecule has 0 spiro atoms. The van der Waals surface area contributed by atoms with Gasteiger partial charge < -0.3 is 11.5 Å². The van der Waals surface area contributed by atoms with Crippen LogP contribution in [-0.4, -0.2) is 17.3 Å². The van der Waals surface area contributed by atoms with Gasteiger partial charge in [-0.25, -0.2) is 4.98 Å². The Kier molecular flexibility index (Phi) is 5.10. The van der Waals surface area contributed by atoms with E-state index in [1.54, 1.807) is 12.3 Å². The number of hydrogen-bond donors (Lipinski definition) is 2. The predicted octanol–water partition coefficient (Wildman–Crippen LogP) is 1.92. The summed E-state index contributed by atoms with van der Waals surface area (Å²) in [7, 11) is 0. The van der Waals surface area contributed by atoms with E-state index in [1.165, 1.54) is 0 Å². The summed E-state index contributed by atoms with van der Waals surface area (Å²) in [6, 6.07) is 1.80. The lowest BCUT2D eigenvalue weighted by molar-refractivity contribution is 0.0974. The van der Waals surface area contributed by atoms with Gasteiger partial charge in [-0.2, -0.15) is 0 Å². The Hall–Kier alpha value is -1.42. The van der Waals surface area contributed by atoms with Gasteiger partial charge in [-0.05, 0) is 43.9 Å². The van der Waals surface area contributed by atoms with Gasteiger partial charge in [-0.3, -0.25) is 4.79 Å². The molecule has 0 aliphatic heterocycles. The molecule has 0 radical (unpaired) electrons. The fourth-order valence-corrected chi connectivity index (χ4v) is 1.74. The zero-order valence-electron chi connectivity index (χ0n) is 10.6. The van der Waals surface area contributed by atoms with Crippen molar-refractivity contribution in [3.63, 3.8) is 0 Å². The molecule has 4 heteroatoms. The average Bonchev–Trinajstić information content (AvgIpc) is 2.29. The minimum absolute atomic E-state index is 0.0718. The van der Waals surface area contributed by atoms with Crippen LogP contribution in [0.5, 0.6) is 0 Å². The number of carbonyl (C=O) groups is 1. The van der Waals surface area contributed by atoms with Gasteiger partial charge in [0.15, 0.2) is 5.78 Å². The van der Waals surface area contributed by atoms with Gasteiger partial charge in [0.05, 0.1) is 5.56 Å². The van der Waals surface area contributed by atoms with Crippen LogP contribution in [0.1, 0.15) is 42.1 Å². The van der Waals surface area contributed by atoms with Crippen LogP contribution in [0.4, 0.5) is 5.82 Å². The van der Waals surface area contributed by atoms with Crippen molar-refractivity contribution in [2.75, 3.05) is 12.3 Å². The van der Waals surface area contributed by atoms with Crippen LogP contribution in [0.3, 0.4) is 0 Å². The van der Waals surface area contributed by atoms with E-state index in [9.17, 15) is 4.79 Å². The lowest BCUT2D eigenvalue weighted by Gasteiger charge is -2.09. The fraction of sp³-hybridized carbons (Fsp3) is 0.538. The molecule has 1 unspecified atom stereocenters. The first-order chi connectivity index (χ1) is 8.04. The Balaban J connectivity index is 2.61. The first-order valence-corrected chi connectivity index (χ1v) is 6.00. The number of pyridine rings is 1. The molecule has 0 amide bonds. The molecule has 1 heterocycles. The number of Topliss-reactive ketones (excluding diaryl/α,β-unsaturated/α-hetero) is 1. The summed E-state index contributed by atoms with van der Waals surface area (Å²) in [6.07, 6.45) is 3.98. The molecule has 0 aromatic carbocycles. The highest BCUT2D eigenvalue weighted by Crippen LogP contribution is 2.17. The molecule has 0 aliphatic carbocycles. The third-order valence-electron chi connectivity index (χ3n) is 2.88. The molecule has 17 heavy (non-hydrogen) atoms. The first-order valence-electron chi connectivity index (χ1n) is 6.00. The summed E-state index contributed by atoms with van der Waals surface area (Å²) in [4.78, 5) is 16.0. The first kappa shape index (κ1) is 13.6. The summed E-state index contributed by atoms with van der Waals surface area (Å²) in [5.41, 5.74) is 12.7. The van der Waals surface area contributed by atoms with Gasteiger partial charge >= 0.3 is 0 Å². The SMILES string of the molecule is Cc1cnc(N)c(C(=O)CCC(C)CCN)c1. The van der Waals surface area contributed by atoms with E-state index >= 15 is 0 Å². The highest BCUT2D eigenvalue weighted by atomic mass is 16.1. The van der Waals surface area contributed by atoms with Gasteiger partial charge in [-0.15, -0.1) is 0 Å². The van der Waals surface area contributed by atoms with E-state index in [2.05, 4.69) is 11.9 Å². The third-order valence-corrected chi connectivity index (χ3v) is 2.88. The minimum Gasteiger partial charge on any atom is -0.383 e. The molecule has 0 aliphatic rings. The second-order valence-electron chi connectivity index (χ2n) is 4.59. The highest BCUT2D eigenvalue weighted by molar-refractivity contribution is 6.00. The number of hydrogen-bond acceptors (Lipinski definition) is 4. The second kappa shape index (κ2) is 6.35. The lowest BCUT2D eigenvalue weighted by Crippen LogP contribution is -2.10. The van der Waals surface area contributed by atoms with Crippen LogP contribution in [0.15, 0.2) is 12.3 Å². The lowest BCUT2D eigenvalue weighted by atomic mass is 9.97. The number of anilines is 1. The van der Waals surface area contributed by atoms with Crippen molar-refractivity contribution in [2.24, 2.45) is 11.7 Å². The van der Waals surface area contributed by atoms with E-state index in [0.29, 0.717) is 30.3 Å². The molecule has 4 nitrogen and oxygen atoms in total. The Morgan fingerprint density at radius 3 is 2.82 bits per heavy atom. The Morgan fingerprint density at radius 2 is 2.18 bits per heavy atom. The molecule has 1 aromatic heterocycles. The normalized spacial score (nSPS) is 12.4.